The monoisotopic (exact) mass is 360 g/mol. The lowest BCUT2D eigenvalue weighted by atomic mass is 10.2. The van der Waals surface area contributed by atoms with Crippen LogP contribution in [0, 0.1) is 6.92 Å². The Morgan fingerprint density at radius 2 is 2.20 bits per heavy atom. The van der Waals surface area contributed by atoms with E-state index >= 15 is 0 Å². The Bertz CT molecular complexity index is 925. The van der Waals surface area contributed by atoms with Gasteiger partial charge in [0.15, 0.2) is 10.8 Å². The lowest BCUT2D eigenvalue weighted by molar-refractivity contribution is -0.116. The molecule has 3 aromatic heterocycles. The number of carboxylic acid groups (broad SMARTS) is 1. The van der Waals surface area contributed by atoms with E-state index in [-0.39, 0.29) is 18.0 Å². The van der Waals surface area contributed by atoms with Gasteiger partial charge in [0.25, 0.3) is 0 Å². The van der Waals surface area contributed by atoms with E-state index in [1.165, 1.54) is 28.3 Å². The summed E-state index contributed by atoms with van der Waals surface area (Å²) in [4.78, 5) is 27.2. The van der Waals surface area contributed by atoms with E-state index in [1.54, 1.807) is 10.9 Å². The Balaban J connectivity index is 1.58. The molecule has 0 radical (unpaired) electrons. The van der Waals surface area contributed by atoms with Gasteiger partial charge >= 0.3 is 5.97 Å². The smallest absolute Gasteiger partial charge is 0.356 e. The number of aromatic nitrogens is 5. The first-order valence-electron chi connectivity index (χ1n) is 7.45. The van der Waals surface area contributed by atoms with Crippen molar-refractivity contribution in [1.82, 2.24) is 24.5 Å². The molecule has 10 heteroatoms. The maximum absolute atomic E-state index is 12.0. The van der Waals surface area contributed by atoms with Gasteiger partial charge in [0.05, 0.1) is 11.9 Å². The van der Waals surface area contributed by atoms with Crippen LogP contribution in [-0.2, 0) is 18.4 Å². The third-order valence-electron chi connectivity index (χ3n) is 3.69. The molecule has 0 aliphatic carbocycles. The molecule has 9 nitrogen and oxygen atoms in total. The van der Waals surface area contributed by atoms with Gasteiger partial charge in [-0.05, 0) is 13.0 Å². The molecule has 0 saturated heterocycles. The molecule has 0 unspecified atom stereocenters. The summed E-state index contributed by atoms with van der Waals surface area (Å²) >= 11 is 1.34. The van der Waals surface area contributed by atoms with Gasteiger partial charge in [0.2, 0.25) is 5.91 Å². The minimum absolute atomic E-state index is 0.0446. The van der Waals surface area contributed by atoms with Crippen LogP contribution in [0.5, 0.6) is 0 Å². The summed E-state index contributed by atoms with van der Waals surface area (Å²) in [5.41, 5.74) is 2.65. The molecule has 0 fully saturated rings. The van der Waals surface area contributed by atoms with Crippen LogP contribution in [-0.4, -0.2) is 41.5 Å². The standard InChI is InChI=1S/C15H16N6O3S/c1-9-10(7-16-20(9)2)12-8-25-15(17-12)18-13(22)4-6-21-5-3-11(19-21)14(23)24/h3,5,7-8H,4,6H2,1-2H3,(H,23,24)(H,17,18,22). The molecular weight excluding hydrogens is 344 g/mol. The summed E-state index contributed by atoms with van der Waals surface area (Å²) < 4.78 is 3.19. The molecule has 0 aliphatic rings. The first-order valence-corrected chi connectivity index (χ1v) is 8.33. The van der Waals surface area contributed by atoms with Crippen molar-refractivity contribution in [2.45, 2.75) is 19.9 Å². The van der Waals surface area contributed by atoms with Crippen LogP contribution in [0.25, 0.3) is 11.3 Å². The summed E-state index contributed by atoms with van der Waals surface area (Å²) in [6.07, 6.45) is 3.44. The predicted molar refractivity (Wildman–Crippen MR) is 91.5 cm³/mol. The maximum Gasteiger partial charge on any atom is 0.356 e. The lowest BCUT2D eigenvalue weighted by Gasteiger charge is -2.02. The number of carbonyl (C=O) groups is 2. The Morgan fingerprint density at radius 3 is 2.84 bits per heavy atom. The number of carboxylic acids is 1. The number of amides is 1. The van der Waals surface area contributed by atoms with Gasteiger partial charge in [-0.25, -0.2) is 9.78 Å². The van der Waals surface area contributed by atoms with E-state index in [4.69, 9.17) is 5.11 Å². The van der Waals surface area contributed by atoms with Gasteiger partial charge < -0.3 is 10.4 Å². The Hall–Kier alpha value is -3.01. The normalized spacial score (nSPS) is 10.8. The highest BCUT2D eigenvalue weighted by atomic mass is 32.1. The number of thiazole rings is 1. The Labute approximate surface area is 146 Å². The lowest BCUT2D eigenvalue weighted by Crippen LogP contribution is -2.15. The highest BCUT2D eigenvalue weighted by Crippen LogP contribution is 2.26. The number of aromatic carboxylic acids is 1. The zero-order chi connectivity index (χ0) is 18.0. The van der Waals surface area contributed by atoms with E-state index in [0.29, 0.717) is 11.7 Å². The van der Waals surface area contributed by atoms with Crippen LogP contribution in [0.3, 0.4) is 0 Å². The van der Waals surface area contributed by atoms with Crippen molar-refractivity contribution >= 4 is 28.3 Å². The van der Waals surface area contributed by atoms with E-state index in [1.807, 2.05) is 19.4 Å². The molecule has 3 aromatic rings. The fourth-order valence-corrected chi connectivity index (χ4v) is 2.93. The van der Waals surface area contributed by atoms with Crippen molar-refractivity contribution in [3.05, 3.63) is 35.2 Å². The molecule has 0 spiro atoms. The van der Waals surface area contributed by atoms with Gasteiger partial charge in [-0.1, -0.05) is 0 Å². The molecule has 130 valence electrons. The average molecular weight is 360 g/mol. The largest absolute Gasteiger partial charge is 0.476 e. The number of anilines is 1. The molecule has 3 rings (SSSR count). The fraction of sp³-hybridized carbons (Fsp3) is 0.267. The van der Waals surface area contributed by atoms with Crippen LogP contribution < -0.4 is 5.32 Å². The molecule has 0 saturated carbocycles. The van der Waals surface area contributed by atoms with Crippen molar-refractivity contribution in [3.8, 4) is 11.3 Å². The average Bonchev–Trinajstić information content (AvgIpc) is 3.28. The maximum atomic E-state index is 12.0. The number of carbonyl (C=O) groups excluding carboxylic acids is 1. The number of nitrogens with one attached hydrogen (secondary N) is 1. The van der Waals surface area contributed by atoms with Crippen molar-refractivity contribution < 1.29 is 14.7 Å². The number of nitrogens with zero attached hydrogens (tertiary/aromatic N) is 5. The van der Waals surface area contributed by atoms with Crippen molar-refractivity contribution in [1.29, 1.82) is 0 Å². The van der Waals surface area contributed by atoms with Crippen molar-refractivity contribution in [2.24, 2.45) is 7.05 Å². The molecule has 3 heterocycles. The quantitative estimate of drug-likeness (QED) is 0.692. The SMILES string of the molecule is Cc1c(-c2csc(NC(=O)CCn3ccc(C(=O)O)n3)n2)cnn1C. The summed E-state index contributed by atoms with van der Waals surface area (Å²) in [5, 5.41) is 22.0. The van der Waals surface area contributed by atoms with E-state index < -0.39 is 5.97 Å². The summed E-state index contributed by atoms with van der Waals surface area (Å²) in [7, 11) is 1.86. The zero-order valence-corrected chi connectivity index (χ0v) is 14.4. The summed E-state index contributed by atoms with van der Waals surface area (Å²) in [5.74, 6) is -1.31. The molecule has 25 heavy (non-hydrogen) atoms. The third kappa shape index (κ3) is 3.74. The first-order chi connectivity index (χ1) is 11.9. The zero-order valence-electron chi connectivity index (χ0n) is 13.6. The molecule has 0 bridgehead atoms. The predicted octanol–water partition coefficient (Wildman–Crippen LogP) is 1.78. The van der Waals surface area contributed by atoms with Crippen molar-refractivity contribution in [2.75, 3.05) is 5.32 Å². The van der Waals surface area contributed by atoms with Crippen LogP contribution in [0.15, 0.2) is 23.8 Å². The van der Waals surface area contributed by atoms with Gasteiger partial charge in [0, 0.05) is 42.8 Å². The second-order valence-corrected chi connectivity index (χ2v) is 6.23. The second-order valence-electron chi connectivity index (χ2n) is 5.37. The molecular formula is C15H16N6O3S. The highest BCUT2D eigenvalue weighted by Gasteiger charge is 2.13. The molecule has 0 atom stereocenters. The number of aryl methyl sites for hydroxylation is 2. The Morgan fingerprint density at radius 1 is 1.40 bits per heavy atom. The second kappa shape index (κ2) is 6.85. The van der Waals surface area contributed by atoms with Crippen LogP contribution in [0.4, 0.5) is 5.13 Å². The Kier molecular flexibility index (Phi) is 4.61. The van der Waals surface area contributed by atoms with E-state index in [2.05, 4.69) is 20.5 Å². The van der Waals surface area contributed by atoms with E-state index in [0.717, 1.165) is 17.0 Å². The summed E-state index contributed by atoms with van der Waals surface area (Å²) in [6.45, 7) is 2.24. The van der Waals surface area contributed by atoms with Crippen LogP contribution in [0.1, 0.15) is 22.6 Å². The van der Waals surface area contributed by atoms with Crippen molar-refractivity contribution in [3.63, 3.8) is 0 Å². The molecule has 0 aromatic carbocycles. The highest BCUT2D eigenvalue weighted by molar-refractivity contribution is 7.14. The molecule has 0 aliphatic heterocycles. The van der Waals surface area contributed by atoms with Crippen LogP contribution >= 0.6 is 11.3 Å². The number of rotatable bonds is 6. The summed E-state index contributed by atoms with van der Waals surface area (Å²) in [6, 6.07) is 1.39. The number of hydrogen-bond donors (Lipinski definition) is 2. The minimum Gasteiger partial charge on any atom is -0.476 e. The molecule has 2 N–H and O–H groups in total. The van der Waals surface area contributed by atoms with Gasteiger partial charge in [-0.3, -0.25) is 14.2 Å². The minimum atomic E-state index is -1.09. The fourth-order valence-electron chi connectivity index (χ4n) is 2.20. The first kappa shape index (κ1) is 16.8. The molecule has 1 amide bonds. The van der Waals surface area contributed by atoms with Gasteiger partial charge in [-0.15, -0.1) is 11.3 Å². The van der Waals surface area contributed by atoms with Crippen LogP contribution in [0.2, 0.25) is 0 Å². The topological polar surface area (TPSA) is 115 Å². The number of hydrogen-bond acceptors (Lipinski definition) is 6. The van der Waals surface area contributed by atoms with Gasteiger partial charge in [0.1, 0.15) is 0 Å². The van der Waals surface area contributed by atoms with Gasteiger partial charge in [-0.2, -0.15) is 10.2 Å². The third-order valence-corrected chi connectivity index (χ3v) is 4.45. The van der Waals surface area contributed by atoms with E-state index in [9.17, 15) is 9.59 Å².